The zero-order valence-corrected chi connectivity index (χ0v) is 9.08. The lowest BCUT2D eigenvalue weighted by atomic mass is 9.84. The highest BCUT2D eigenvalue weighted by atomic mass is 16.3. The van der Waals surface area contributed by atoms with E-state index in [0.717, 1.165) is 32.6 Å². The van der Waals surface area contributed by atoms with Crippen molar-refractivity contribution < 1.29 is 5.11 Å². The average molecular weight is 198 g/mol. The van der Waals surface area contributed by atoms with Gasteiger partial charge in [0.2, 0.25) is 0 Å². The highest BCUT2D eigenvalue weighted by Gasteiger charge is 2.31. The van der Waals surface area contributed by atoms with E-state index in [1.807, 2.05) is 0 Å². The van der Waals surface area contributed by atoms with Crippen LogP contribution in [0.5, 0.6) is 0 Å². The zero-order valence-electron chi connectivity index (χ0n) is 9.08. The minimum atomic E-state index is -0.0568. The highest BCUT2D eigenvalue weighted by molar-refractivity contribution is 4.85. The molecule has 2 saturated heterocycles. The number of nitrogens with zero attached hydrogens (tertiary/aromatic N) is 1. The van der Waals surface area contributed by atoms with E-state index in [0.29, 0.717) is 11.8 Å². The summed E-state index contributed by atoms with van der Waals surface area (Å²) < 4.78 is 0. The van der Waals surface area contributed by atoms with Crippen LogP contribution in [0.15, 0.2) is 0 Å². The van der Waals surface area contributed by atoms with Crippen LogP contribution >= 0.6 is 0 Å². The molecule has 14 heavy (non-hydrogen) atoms. The molecule has 0 aromatic heterocycles. The van der Waals surface area contributed by atoms with Gasteiger partial charge in [-0.25, -0.2) is 0 Å². The fourth-order valence-electron chi connectivity index (χ4n) is 2.72. The van der Waals surface area contributed by atoms with Crippen molar-refractivity contribution in [1.82, 2.24) is 10.2 Å². The number of likely N-dealkylation sites (tertiary alicyclic amines) is 1. The Kier molecular flexibility index (Phi) is 3.42. The summed E-state index contributed by atoms with van der Waals surface area (Å²) in [4.78, 5) is 2.36. The standard InChI is InChI=1S/C11H22N2O/c1-13-6-3-9(4-7-13)11(14)10-2-5-12-8-10/h9-12,14H,2-8H2,1H3. The second-order valence-corrected chi connectivity index (χ2v) is 4.88. The van der Waals surface area contributed by atoms with Gasteiger partial charge in [0.05, 0.1) is 6.10 Å². The molecule has 2 rings (SSSR count). The fraction of sp³-hybridized carbons (Fsp3) is 1.00. The summed E-state index contributed by atoms with van der Waals surface area (Å²) >= 11 is 0. The summed E-state index contributed by atoms with van der Waals surface area (Å²) in [5.41, 5.74) is 0. The molecular formula is C11H22N2O. The van der Waals surface area contributed by atoms with Crippen molar-refractivity contribution in [3.63, 3.8) is 0 Å². The van der Waals surface area contributed by atoms with Crippen molar-refractivity contribution in [3.8, 4) is 0 Å². The SMILES string of the molecule is CN1CCC(C(O)C2CCNC2)CC1. The van der Waals surface area contributed by atoms with Crippen molar-refractivity contribution in [1.29, 1.82) is 0 Å². The average Bonchev–Trinajstić information content (AvgIpc) is 2.71. The smallest absolute Gasteiger partial charge is 0.0610 e. The molecule has 0 bridgehead atoms. The molecule has 0 aromatic carbocycles. The van der Waals surface area contributed by atoms with Crippen LogP contribution in [0.2, 0.25) is 0 Å². The van der Waals surface area contributed by atoms with E-state index >= 15 is 0 Å². The van der Waals surface area contributed by atoms with Gasteiger partial charge in [-0.15, -0.1) is 0 Å². The maximum absolute atomic E-state index is 10.2. The summed E-state index contributed by atoms with van der Waals surface area (Å²) in [5.74, 6) is 1.07. The van der Waals surface area contributed by atoms with Crippen LogP contribution in [-0.2, 0) is 0 Å². The molecule has 2 aliphatic rings. The molecule has 2 heterocycles. The van der Waals surface area contributed by atoms with Gasteiger partial charge in [-0.05, 0) is 57.8 Å². The van der Waals surface area contributed by atoms with Gasteiger partial charge in [0.25, 0.3) is 0 Å². The van der Waals surface area contributed by atoms with Crippen molar-refractivity contribution >= 4 is 0 Å². The first-order valence-electron chi connectivity index (χ1n) is 5.84. The van der Waals surface area contributed by atoms with Crippen molar-refractivity contribution in [2.24, 2.45) is 11.8 Å². The van der Waals surface area contributed by atoms with Gasteiger partial charge in [-0.3, -0.25) is 0 Å². The van der Waals surface area contributed by atoms with Crippen LogP contribution in [0.3, 0.4) is 0 Å². The lowest BCUT2D eigenvalue weighted by Crippen LogP contribution is -2.39. The minimum Gasteiger partial charge on any atom is -0.392 e. The van der Waals surface area contributed by atoms with Crippen LogP contribution in [0.4, 0.5) is 0 Å². The third kappa shape index (κ3) is 2.27. The van der Waals surface area contributed by atoms with Gasteiger partial charge in [0.15, 0.2) is 0 Å². The maximum Gasteiger partial charge on any atom is 0.0610 e. The molecule has 0 aliphatic carbocycles. The van der Waals surface area contributed by atoms with Crippen LogP contribution in [0.25, 0.3) is 0 Å². The van der Waals surface area contributed by atoms with E-state index in [4.69, 9.17) is 0 Å². The molecule has 0 radical (unpaired) electrons. The predicted molar refractivity (Wildman–Crippen MR) is 57.2 cm³/mol. The maximum atomic E-state index is 10.2. The number of rotatable bonds is 2. The van der Waals surface area contributed by atoms with E-state index in [-0.39, 0.29) is 6.10 Å². The third-order valence-electron chi connectivity index (χ3n) is 3.83. The van der Waals surface area contributed by atoms with Gasteiger partial charge < -0.3 is 15.3 Å². The van der Waals surface area contributed by atoms with Gasteiger partial charge >= 0.3 is 0 Å². The summed E-state index contributed by atoms with van der Waals surface area (Å²) in [6.45, 7) is 4.42. The summed E-state index contributed by atoms with van der Waals surface area (Å²) in [5, 5.41) is 13.5. The first-order chi connectivity index (χ1) is 6.77. The number of hydrogen-bond donors (Lipinski definition) is 2. The molecule has 0 aromatic rings. The molecule has 2 fully saturated rings. The molecule has 3 nitrogen and oxygen atoms in total. The molecular weight excluding hydrogens is 176 g/mol. The number of hydrogen-bond acceptors (Lipinski definition) is 3. The lowest BCUT2D eigenvalue weighted by molar-refractivity contribution is 0.0278. The number of nitrogens with one attached hydrogen (secondary N) is 1. The zero-order chi connectivity index (χ0) is 9.97. The second-order valence-electron chi connectivity index (χ2n) is 4.88. The van der Waals surface area contributed by atoms with Crippen molar-refractivity contribution in [3.05, 3.63) is 0 Å². The molecule has 0 amide bonds. The van der Waals surface area contributed by atoms with Crippen LogP contribution in [0.1, 0.15) is 19.3 Å². The number of aliphatic hydroxyl groups excluding tert-OH is 1. The van der Waals surface area contributed by atoms with E-state index < -0.39 is 0 Å². The van der Waals surface area contributed by atoms with Crippen molar-refractivity contribution in [2.75, 3.05) is 33.2 Å². The second kappa shape index (κ2) is 4.60. The van der Waals surface area contributed by atoms with E-state index in [1.165, 1.54) is 12.8 Å². The third-order valence-corrected chi connectivity index (χ3v) is 3.83. The van der Waals surface area contributed by atoms with Crippen LogP contribution < -0.4 is 5.32 Å². The Morgan fingerprint density at radius 2 is 1.93 bits per heavy atom. The quantitative estimate of drug-likeness (QED) is 0.670. The molecule has 0 saturated carbocycles. The monoisotopic (exact) mass is 198 g/mol. The largest absolute Gasteiger partial charge is 0.392 e. The first-order valence-corrected chi connectivity index (χ1v) is 5.84. The van der Waals surface area contributed by atoms with Gasteiger partial charge in [-0.2, -0.15) is 0 Å². The Bertz CT molecular complexity index is 172. The Morgan fingerprint density at radius 1 is 1.21 bits per heavy atom. The molecule has 2 unspecified atom stereocenters. The molecule has 2 atom stereocenters. The van der Waals surface area contributed by atoms with E-state index in [9.17, 15) is 5.11 Å². The predicted octanol–water partition coefficient (Wildman–Crippen LogP) is 0.299. The topological polar surface area (TPSA) is 35.5 Å². The first kappa shape index (κ1) is 10.4. The van der Waals surface area contributed by atoms with Crippen LogP contribution in [0, 0.1) is 11.8 Å². The Balaban J connectivity index is 1.82. The molecule has 82 valence electrons. The minimum absolute atomic E-state index is 0.0568. The highest BCUT2D eigenvalue weighted by Crippen LogP contribution is 2.26. The molecule has 3 heteroatoms. The normalized spacial score (nSPS) is 33.4. The van der Waals surface area contributed by atoms with E-state index in [2.05, 4.69) is 17.3 Å². The fourth-order valence-corrected chi connectivity index (χ4v) is 2.72. The van der Waals surface area contributed by atoms with E-state index in [1.54, 1.807) is 0 Å². The number of piperidine rings is 1. The molecule has 2 N–H and O–H groups in total. The summed E-state index contributed by atoms with van der Waals surface area (Å²) in [6, 6.07) is 0. The van der Waals surface area contributed by atoms with Gasteiger partial charge in [0, 0.05) is 6.54 Å². The number of aliphatic hydroxyl groups is 1. The van der Waals surface area contributed by atoms with Crippen LogP contribution in [-0.4, -0.2) is 49.3 Å². The van der Waals surface area contributed by atoms with Gasteiger partial charge in [0.1, 0.15) is 0 Å². The van der Waals surface area contributed by atoms with Crippen molar-refractivity contribution in [2.45, 2.75) is 25.4 Å². The van der Waals surface area contributed by atoms with Gasteiger partial charge in [-0.1, -0.05) is 0 Å². The summed E-state index contributed by atoms with van der Waals surface area (Å²) in [7, 11) is 2.17. The molecule has 0 spiro atoms. The Labute approximate surface area is 86.5 Å². The molecule has 2 aliphatic heterocycles. The Morgan fingerprint density at radius 3 is 2.50 bits per heavy atom. The lowest BCUT2D eigenvalue weighted by Gasteiger charge is -2.34. The summed E-state index contributed by atoms with van der Waals surface area (Å²) in [6.07, 6.45) is 3.45. The Hall–Kier alpha value is -0.120.